The van der Waals surface area contributed by atoms with Crippen LogP contribution in [0, 0.1) is 17.2 Å². The van der Waals surface area contributed by atoms with E-state index < -0.39 is 0 Å². The van der Waals surface area contributed by atoms with Gasteiger partial charge in [-0.15, -0.1) is 0 Å². The number of hydrogen-bond donors (Lipinski definition) is 0. The number of nitriles is 1. The van der Waals surface area contributed by atoms with Crippen LogP contribution >= 0.6 is 0 Å². The summed E-state index contributed by atoms with van der Waals surface area (Å²) in [5.41, 5.74) is 1.21. The SMILES string of the molecule is CC(C#N)CN(C)CC=Cc1ccccc1. The average Bonchev–Trinajstić information content (AvgIpc) is 2.30. The van der Waals surface area contributed by atoms with Gasteiger partial charge in [0.25, 0.3) is 0 Å². The lowest BCUT2D eigenvalue weighted by Crippen LogP contribution is -2.23. The molecule has 2 nitrogen and oxygen atoms in total. The number of likely N-dealkylation sites (N-methyl/N-ethyl adjacent to an activating group) is 1. The zero-order chi connectivity index (χ0) is 11.8. The Morgan fingerprint density at radius 1 is 1.38 bits per heavy atom. The molecular weight excluding hydrogens is 196 g/mol. The predicted molar refractivity (Wildman–Crippen MR) is 67.8 cm³/mol. The molecule has 2 heteroatoms. The van der Waals surface area contributed by atoms with Crippen LogP contribution in [0.5, 0.6) is 0 Å². The highest BCUT2D eigenvalue weighted by Gasteiger charge is 2.02. The van der Waals surface area contributed by atoms with E-state index in [9.17, 15) is 0 Å². The standard InChI is InChI=1S/C14H18N2/c1-13(11-15)12-16(2)10-6-9-14-7-4-3-5-8-14/h3-9,13H,10,12H2,1-2H3. The van der Waals surface area contributed by atoms with E-state index in [2.05, 4.69) is 35.3 Å². The van der Waals surface area contributed by atoms with Crippen molar-refractivity contribution in [3.8, 4) is 6.07 Å². The molecule has 1 aromatic carbocycles. The van der Waals surface area contributed by atoms with Gasteiger partial charge in [0.05, 0.1) is 12.0 Å². The third-order valence-electron chi connectivity index (χ3n) is 2.33. The first-order chi connectivity index (χ1) is 7.72. The van der Waals surface area contributed by atoms with Crippen molar-refractivity contribution in [3.63, 3.8) is 0 Å². The zero-order valence-electron chi connectivity index (χ0n) is 9.93. The predicted octanol–water partition coefficient (Wildman–Crippen LogP) is 2.79. The largest absolute Gasteiger partial charge is 0.301 e. The highest BCUT2D eigenvalue weighted by Crippen LogP contribution is 2.01. The van der Waals surface area contributed by atoms with E-state index >= 15 is 0 Å². The number of benzene rings is 1. The fourth-order valence-electron chi connectivity index (χ4n) is 1.52. The second-order valence-corrected chi connectivity index (χ2v) is 4.06. The van der Waals surface area contributed by atoms with E-state index in [0.717, 1.165) is 13.1 Å². The van der Waals surface area contributed by atoms with Gasteiger partial charge in [-0.3, -0.25) is 0 Å². The third-order valence-corrected chi connectivity index (χ3v) is 2.33. The van der Waals surface area contributed by atoms with Crippen LogP contribution in [0.2, 0.25) is 0 Å². The van der Waals surface area contributed by atoms with Gasteiger partial charge in [0.15, 0.2) is 0 Å². The van der Waals surface area contributed by atoms with E-state index in [-0.39, 0.29) is 5.92 Å². The van der Waals surface area contributed by atoms with Crippen LogP contribution in [0.15, 0.2) is 36.4 Å². The fourth-order valence-corrected chi connectivity index (χ4v) is 1.52. The summed E-state index contributed by atoms with van der Waals surface area (Å²) < 4.78 is 0. The molecule has 0 aromatic heterocycles. The minimum atomic E-state index is 0.0927. The Hall–Kier alpha value is -1.59. The smallest absolute Gasteiger partial charge is 0.0666 e. The Bertz CT molecular complexity index is 362. The van der Waals surface area contributed by atoms with Gasteiger partial charge < -0.3 is 4.90 Å². The minimum absolute atomic E-state index is 0.0927. The lowest BCUT2D eigenvalue weighted by Gasteiger charge is -2.14. The van der Waals surface area contributed by atoms with E-state index in [1.807, 2.05) is 32.2 Å². The van der Waals surface area contributed by atoms with E-state index in [1.165, 1.54) is 5.56 Å². The van der Waals surface area contributed by atoms with Crippen LogP contribution in [-0.4, -0.2) is 25.0 Å². The molecule has 0 fully saturated rings. The Kier molecular flexibility index (Phi) is 5.31. The van der Waals surface area contributed by atoms with Crippen molar-refractivity contribution < 1.29 is 0 Å². The second-order valence-electron chi connectivity index (χ2n) is 4.06. The summed E-state index contributed by atoms with van der Waals surface area (Å²) >= 11 is 0. The molecule has 84 valence electrons. The maximum atomic E-state index is 8.69. The summed E-state index contributed by atoms with van der Waals surface area (Å²) in [7, 11) is 2.03. The molecule has 0 amide bonds. The molecule has 0 aliphatic carbocycles. The van der Waals surface area contributed by atoms with Gasteiger partial charge >= 0.3 is 0 Å². The molecule has 1 unspecified atom stereocenters. The molecule has 0 spiro atoms. The van der Waals surface area contributed by atoms with Gasteiger partial charge in [0.2, 0.25) is 0 Å². The highest BCUT2D eigenvalue weighted by molar-refractivity contribution is 5.48. The van der Waals surface area contributed by atoms with Crippen LogP contribution < -0.4 is 0 Å². The zero-order valence-corrected chi connectivity index (χ0v) is 9.93. The lowest BCUT2D eigenvalue weighted by atomic mass is 10.2. The van der Waals surface area contributed by atoms with Gasteiger partial charge in [-0.2, -0.15) is 5.26 Å². The summed E-state index contributed by atoms with van der Waals surface area (Å²) in [6.45, 7) is 3.63. The van der Waals surface area contributed by atoms with Gasteiger partial charge in [0, 0.05) is 13.1 Å². The number of rotatable bonds is 5. The Morgan fingerprint density at radius 3 is 2.69 bits per heavy atom. The Balaban J connectivity index is 2.35. The normalized spacial score (nSPS) is 12.9. The maximum absolute atomic E-state index is 8.69. The first-order valence-corrected chi connectivity index (χ1v) is 5.52. The summed E-state index contributed by atoms with van der Waals surface area (Å²) in [6, 6.07) is 12.5. The van der Waals surface area contributed by atoms with Crippen LogP contribution in [-0.2, 0) is 0 Å². The molecule has 1 aromatic rings. The topological polar surface area (TPSA) is 27.0 Å². The van der Waals surface area contributed by atoms with Crippen molar-refractivity contribution in [1.82, 2.24) is 4.90 Å². The Morgan fingerprint density at radius 2 is 2.06 bits per heavy atom. The third kappa shape index (κ3) is 4.77. The molecule has 1 rings (SSSR count). The van der Waals surface area contributed by atoms with Crippen molar-refractivity contribution in [2.45, 2.75) is 6.92 Å². The quantitative estimate of drug-likeness (QED) is 0.753. The van der Waals surface area contributed by atoms with Crippen molar-refractivity contribution in [3.05, 3.63) is 42.0 Å². The molecule has 0 aliphatic rings. The molecule has 0 saturated heterocycles. The fraction of sp³-hybridized carbons (Fsp3) is 0.357. The van der Waals surface area contributed by atoms with E-state index in [1.54, 1.807) is 0 Å². The van der Waals surface area contributed by atoms with Crippen LogP contribution in [0.1, 0.15) is 12.5 Å². The van der Waals surface area contributed by atoms with Gasteiger partial charge in [-0.25, -0.2) is 0 Å². The molecule has 0 radical (unpaired) electrons. The lowest BCUT2D eigenvalue weighted by molar-refractivity contribution is 0.342. The van der Waals surface area contributed by atoms with Crippen molar-refractivity contribution >= 4 is 6.08 Å². The van der Waals surface area contributed by atoms with Gasteiger partial charge in [-0.1, -0.05) is 42.5 Å². The molecule has 1 atom stereocenters. The molecule has 0 heterocycles. The second kappa shape index (κ2) is 6.81. The molecule has 16 heavy (non-hydrogen) atoms. The average molecular weight is 214 g/mol. The first-order valence-electron chi connectivity index (χ1n) is 5.52. The molecular formula is C14H18N2. The Labute approximate surface area is 97.8 Å². The van der Waals surface area contributed by atoms with Gasteiger partial charge in [-0.05, 0) is 19.5 Å². The van der Waals surface area contributed by atoms with Crippen LogP contribution in [0.4, 0.5) is 0 Å². The maximum Gasteiger partial charge on any atom is 0.0666 e. The van der Waals surface area contributed by atoms with Gasteiger partial charge in [0.1, 0.15) is 0 Å². The van der Waals surface area contributed by atoms with E-state index in [4.69, 9.17) is 5.26 Å². The monoisotopic (exact) mass is 214 g/mol. The molecule has 0 bridgehead atoms. The van der Waals surface area contributed by atoms with Crippen molar-refractivity contribution in [2.75, 3.05) is 20.1 Å². The molecule has 0 saturated carbocycles. The summed E-state index contributed by atoms with van der Waals surface area (Å²) in [4.78, 5) is 2.15. The summed E-state index contributed by atoms with van der Waals surface area (Å²) in [6.07, 6.45) is 4.23. The highest BCUT2D eigenvalue weighted by atomic mass is 15.1. The number of nitrogens with zero attached hydrogens (tertiary/aromatic N) is 2. The molecule has 0 aliphatic heterocycles. The summed E-state index contributed by atoms with van der Waals surface area (Å²) in [5.74, 6) is 0.0927. The van der Waals surface area contributed by atoms with E-state index in [0.29, 0.717) is 0 Å². The first kappa shape index (κ1) is 12.5. The number of hydrogen-bond acceptors (Lipinski definition) is 2. The summed E-state index contributed by atoms with van der Waals surface area (Å²) in [5, 5.41) is 8.69. The van der Waals surface area contributed by atoms with Crippen molar-refractivity contribution in [2.24, 2.45) is 5.92 Å². The van der Waals surface area contributed by atoms with Crippen LogP contribution in [0.25, 0.3) is 6.08 Å². The molecule has 0 N–H and O–H groups in total. The van der Waals surface area contributed by atoms with Crippen LogP contribution in [0.3, 0.4) is 0 Å². The van der Waals surface area contributed by atoms with Crippen molar-refractivity contribution in [1.29, 1.82) is 5.26 Å². The minimum Gasteiger partial charge on any atom is -0.301 e.